The number of aryl methyl sites for hydroxylation is 1. The average Bonchev–Trinajstić information content (AvgIpc) is 2.92. The number of thioether (sulfide) groups is 3. The lowest BCUT2D eigenvalue weighted by atomic mass is 9.97. The van der Waals surface area contributed by atoms with Crippen LogP contribution in [0.5, 0.6) is 0 Å². The van der Waals surface area contributed by atoms with Crippen molar-refractivity contribution in [2.45, 2.75) is 43.8 Å². The monoisotopic (exact) mass is 514 g/mol. The molecule has 0 radical (unpaired) electrons. The molecule has 0 aliphatic rings. The van der Waals surface area contributed by atoms with Crippen LogP contribution in [0.25, 0.3) is 0 Å². The van der Waals surface area contributed by atoms with Gasteiger partial charge in [0.1, 0.15) is 6.29 Å². The molecule has 0 aliphatic carbocycles. The molecular weight excluding hydrogens is 485 g/mol. The molecule has 0 saturated carbocycles. The van der Waals surface area contributed by atoms with Crippen molar-refractivity contribution in [3.8, 4) is 0 Å². The topological polar surface area (TPSA) is 17.1 Å². The number of rotatable bonds is 12. The van der Waals surface area contributed by atoms with Crippen molar-refractivity contribution in [1.82, 2.24) is 0 Å². The molecule has 0 saturated heterocycles. The molecule has 1 nitrogen and oxygen atoms in total. The predicted octanol–water partition coefficient (Wildman–Crippen LogP) is 8.90. The Morgan fingerprint density at radius 2 is 1.09 bits per heavy atom. The third kappa shape index (κ3) is 7.30. The van der Waals surface area contributed by atoms with Crippen LogP contribution in [0.4, 0.5) is 0 Å². The molecule has 0 aliphatic heterocycles. The number of hydrogen-bond donors (Lipinski definition) is 0. The fourth-order valence-electron chi connectivity index (χ4n) is 4.03. The molecule has 0 amide bonds. The Bertz CT molecular complexity index is 1110. The highest BCUT2D eigenvalue weighted by Crippen LogP contribution is 2.55. The number of carbonyl (C=O) groups is 1. The van der Waals surface area contributed by atoms with E-state index >= 15 is 0 Å². The minimum absolute atomic E-state index is 0.101. The van der Waals surface area contributed by atoms with Crippen LogP contribution in [0.15, 0.2) is 136 Å². The minimum atomic E-state index is -0.244. The second-order valence-electron chi connectivity index (χ2n) is 8.45. The van der Waals surface area contributed by atoms with Crippen LogP contribution in [-0.4, -0.2) is 15.6 Å². The van der Waals surface area contributed by atoms with Crippen molar-refractivity contribution < 1.29 is 4.79 Å². The predicted molar refractivity (Wildman–Crippen MR) is 153 cm³/mol. The summed E-state index contributed by atoms with van der Waals surface area (Å²) in [6.07, 6.45) is 3.04. The Kier molecular flexibility index (Phi) is 9.58. The highest BCUT2D eigenvalue weighted by Gasteiger charge is 2.42. The molecule has 0 aromatic heterocycles. The molecule has 178 valence electrons. The summed E-state index contributed by atoms with van der Waals surface area (Å²) in [5.41, 5.74) is 1.32. The Morgan fingerprint density at radius 1 is 0.657 bits per heavy atom. The van der Waals surface area contributed by atoms with Crippen molar-refractivity contribution in [3.05, 3.63) is 127 Å². The van der Waals surface area contributed by atoms with Gasteiger partial charge in [0.15, 0.2) is 0 Å². The van der Waals surface area contributed by atoms with E-state index in [0.29, 0.717) is 0 Å². The van der Waals surface area contributed by atoms with E-state index in [1.807, 2.05) is 41.7 Å². The molecule has 0 bridgehead atoms. The average molecular weight is 515 g/mol. The van der Waals surface area contributed by atoms with Gasteiger partial charge in [-0.3, -0.25) is 0 Å². The second kappa shape index (κ2) is 13.1. The van der Waals surface area contributed by atoms with E-state index in [-0.39, 0.29) is 15.2 Å². The van der Waals surface area contributed by atoms with Crippen molar-refractivity contribution in [1.29, 1.82) is 0 Å². The molecule has 0 heterocycles. The quantitative estimate of drug-likeness (QED) is 0.107. The third-order valence-corrected chi connectivity index (χ3v) is 10.7. The molecule has 0 N–H and O–H groups in total. The zero-order chi connectivity index (χ0) is 24.3. The van der Waals surface area contributed by atoms with Crippen LogP contribution in [0.1, 0.15) is 18.9 Å². The maximum absolute atomic E-state index is 12.5. The van der Waals surface area contributed by atoms with E-state index in [1.54, 1.807) is 11.8 Å². The van der Waals surface area contributed by atoms with Crippen LogP contribution in [-0.2, 0) is 11.2 Å². The standard InChI is InChI=1S/C31H30OS3/c1-25(30(24-32)33-27-16-8-3-9-17-27)31(34-28-18-10-4-11-19-28,35-29-20-12-5-13-21-29)23-22-26-14-6-2-7-15-26/h2-21,24-25,30H,22-23H2,1H3/t25-,30+/m0/s1. The first-order valence-electron chi connectivity index (χ1n) is 11.9. The summed E-state index contributed by atoms with van der Waals surface area (Å²) in [5.74, 6) is 0.101. The lowest BCUT2D eigenvalue weighted by Crippen LogP contribution is -2.37. The van der Waals surface area contributed by atoms with Crippen molar-refractivity contribution in [2.75, 3.05) is 0 Å². The molecule has 4 heteroatoms. The van der Waals surface area contributed by atoms with Gasteiger partial charge in [-0.15, -0.1) is 35.3 Å². The number of benzene rings is 4. The largest absolute Gasteiger partial charge is 0.302 e. The summed E-state index contributed by atoms with van der Waals surface area (Å²) in [4.78, 5) is 16.1. The Labute approximate surface area is 222 Å². The SMILES string of the molecule is C[C@@H]([C@@H](C=O)Sc1ccccc1)C(CCc1ccccc1)(Sc1ccccc1)Sc1ccccc1. The molecule has 0 unspecified atom stereocenters. The highest BCUT2D eigenvalue weighted by atomic mass is 32.2. The first-order valence-corrected chi connectivity index (χ1v) is 14.4. The molecule has 0 spiro atoms. The lowest BCUT2D eigenvalue weighted by molar-refractivity contribution is -0.108. The van der Waals surface area contributed by atoms with Gasteiger partial charge in [0.25, 0.3) is 0 Å². The Morgan fingerprint density at radius 3 is 1.54 bits per heavy atom. The summed E-state index contributed by atoms with van der Waals surface area (Å²) < 4.78 is -0.244. The lowest BCUT2D eigenvalue weighted by Gasteiger charge is -2.40. The van der Waals surface area contributed by atoms with Gasteiger partial charge >= 0.3 is 0 Å². The molecule has 35 heavy (non-hydrogen) atoms. The first-order chi connectivity index (χ1) is 17.2. The Balaban J connectivity index is 1.73. The summed E-state index contributed by atoms with van der Waals surface area (Å²) in [7, 11) is 0. The van der Waals surface area contributed by atoms with Crippen LogP contribution in [0.2, 0.25) is 0 Å². The molecule has 0 fully saturated rings. The normalized spacial score (nSPS) is 13.2. The van der Waals surface area contributed by atoms with Gasteiger partial charge < -0.3 is 4.79 Å². The zero-order valence-corrected chi connectivity index (χ0v) is 22.3. The summed E-state index contributed by atoms with van der Waals surface area (Å²) in [6.45, 7) is 2.26. The third-order valence-electron chi connectivity index (χ3n) is 6.01. The van der Waals surface area contributed by atoms with Crippen molar-refractivity contribution >= 4 is 41.6 Å². The van der Waals surface area contributed by atoms with E-state index < -0.39 is 0 Å². The van der Waals surface area contributed by atoms with Gasteiger partial charge in [0.05, 0.1) is 9.33 Å². The van der Waals surface area contributed by atoms with Crippen LogP contribution in [0, 0.1) is 5.92 Å². The van der Waals surface area contributed by atoms with Crippen molar-refractivity contribution in [3.63, 3.8) is 0 Å². The van der Waals surface area contributed by atoms with Gasteiger partial charge in [-0.05, 0) is 60.7 Å². The zero-order valence-electron chi connectivity index (χ0n) is 19.8. The van der Waals surface area contributed by atoms with Gasteiger partial charge in [-0.2, -0.15) is 0 Å². The molecular formula is C31H30OS3. The summed E-state index contributed by atoms with van der Waals surface area (Å²) >= 11 is 5.48. The minimum Gasteiger partial charge on any atom is -0.302 e. The van der Waals surface area contributed by atoms with E-state index in [2.05, 4.69) is 110 Å². The number of aldehydes is 1. The van der Waals surface area contributed by atoms with Crippen LogP contribution >= 0.6 is 35.3 Å². The van der Waals surface area contributed by atoms with Crippen molar-refractivity contribution in [2.24, 2.45) is 5.92 Å². The summed E-state index contributed by atoms with van der Waals surface area (Å²) in [5, 5.41) is -0.166. The van der Waals surface area contributed by atoms with Gasteiger partial charge in [-0.1, -0.05) is 91.9 Å². The van der Waals surface area contributed by atoms with Gasteiger partial charge in [0, 0.05) is 14.7 Å². The van der Waals surface area contributed by atoms with E-state index in [0.717, 1.165) is 24.0 Å². The van der Waals surface area contributed by atoms with Gasteiger partial charge in [-0.25, -0.2) is 0 Å². The van der Waals surface area contributed by atoms with Gasteiger partial charge in [0.2, 0.25) is 0 Å². The van der Waals surface area contributed by atoms with E-state index in [9.17, 15) is 4.79 Å². The highest BCUT2D eigenvalue weighted by molar-refractivity contribution is 8.18. The molecule has 4 rings (SSSR count). The molecule has 2 atom stereocenters. The van der Waals surface area contributed by atoms with E-state index in [1.165, 1.54) is 15.4 Å². The van der Waals surface area contributed by atoms with Crippen LogP contribution < -0.4 is 0 Å². The number of hydrogen-bond acceptors (Lipinski definition) is 4. The Hall–Kier alpha value is -2.40. The smallest absolute Gasteiger partial charge is 0.133 e. The first kappa shape index (κ1) is 25.7. The maximum atomic E-state index is 12.5. The fourth-order valence-corrected chi connectivity index (χ4v) is 8.52. The molecule has 4 aromatic carbocycles. The molecule has 4 aromatic rings. The van der Waals surface area contributed by atoms with Crippen LogP contribution in [0.3, 0.4) is 0 Å². The van der Waals surface area contributed by atoms with E-state index in [4.69, 9.17) is 0 Å². The second-order valence-corrected chi connectivity index (χ2v) is 12.8. The fraction of sp³-hybridized carbons (Fsp3) is 0.194. The number of carbonyl (C=O) groups excluding carboxylic acids is 1. The maximum Gasteiger partial charge on any atom is 0.133 e. The summed E-state index contributed by atoms with van der Waals surface area (Å²) in [6, 6.07) is 42.2.